The maximum Gasteiger partial charge on any atom is 0.157 e. The number of fused-ring (bicyclic) bond motifs is 1. The molecule has 0 bridgehead atoms. The van der Waals surface area contributed by atoms with Gasteiger partial charge in [0.2, 0.25) is 0 Å². The molecule has 1 heterocycles. The van der Waals surface area contributed by atoms with Crippen molar-refractivity contribution in [2.75, 3.05) is 0 Å². The molecule has 4 rings (SSSR count). The van der Waals surface area contributed by atoms with Crippen molar-refractivity contribution < 1.29 is 17.6 Å². The Balaban J connectivity index is 2.09. The SMILES string of the molecule is Cc1cc(F)c(-c2c(C)cnn2C)c(C#N)c1[C@H]1C[C@H](F)[C@H](F)c2cc(F)cc(C#N)c21. The summed E-state index contributed by atoms with van der Waals surface area (Å²) in [6, 6.07) is 6.99. The second-order valence-corrected chi connectivity index (χ2v) is 8.02. The topological polar surface area (TPSA) is 65.4 Å². The minimum Gasteiger partial charge on any atom is -0.268 e. The number of rotatable bonds is 2. The van der Waals surface area contributed by atoms with Crippen molar-refractivity contribution in [1.29, 1.82) is 10.5 Å². The summed E-state index contributed by atoms with van der Waals surface area (Å²) in [5.41, 5.74) is 1.38. The largest absolute Gasteiger partial charge is 0.268 e. The molecule has 162 valence electrons. The zero-order valence-electron chi connectivity index (χ0n) is 17.5. The van der Waals surface area contributed by atoms with E-state index in [9.17, 15) is 23.7 Å². The summed E-state index contributed by atoms with van der Waals surface area (Å²) in [6.45, 7) is 3.30. The highest BCUT2D eigenvalue weighted by Gasteiger charge is 2.40. The fourth-order valence-corrected chi connectivity index (χ4v) is 4.76. The molecule has 0 amide bonds. The third kappa shape index (κ3) is 3.15. The number of aromatic nitrogens is 2. The molecule has 1 aliphatic carbocycles. The van der Waals surface area contributed by atoms with Crippen LogP contribution in [0.4, 0.5) is 17.6 Å². The average molecular weight is 438 g/mol. The standard InChI is InChI=1S/C24H18F4N4/c1-11-4-18(26)22(24-12(2)10-31-32(24)3)17(9-30)20(11)15-7-19(27)23(28)16-6-14(25)5-13(8-29)21(15)16/h4-6,10,15,19,23H,7H2,1-3H3/t15-,19+,23-/m1/s1. The molecule has 1 aliphatic rings. The minimum absolute atomic E-state index is 0.00514. The molecule has 2 aromatic carbocycles. The van der Waals surface area contributed by atoms with Crippen LogP contribution in [0.25, 0.3) is 11.3 Å². The fourth-order valence-electron chi connectivity index (χ4n) is 4.76. The van der Waals surface area contributed by atoms with Crippen molar-refractivity contribution in [2.24, 2.45) is 7.05 Å². The zero-order chi connectivity index (χ0) is 23.3. The van der Waals surface area contributed by atoms with Crippen LogP contribution in [0, 0.1) is 48.1 Å². The maximum absolute atomic E-state index is 15.2. The van der Waals surface area contributed by atoms with Gasteiger partial charge in [-0.15, -0.1) is 0 Å². The van der Waals surface area contributed by atoms with Crippen molar-refractivity contribution in [3.63, 3.8) is 0 Å². The Kier molecular flexibility index (Phi) is 5.26. The predicted octanol–water partition coefficient (Wildman–Crippen LogP) is 5.61. The van der Waals surface area contributed by atoms with Crippen LogP contribution in [0.3, 0.4) is 0 Å². The molecular formula is C24H18F4N4. The van der Waals surface area contributed by atoms with Gasteiger partial charge in [-0.25, -0.2) is 17.6 Å². The molecule has 0 N–H and O–H groups in total. The third-order valence-corrected chi connectivity index (χ3v) is 6.07. The molecule has 8 heteroatoms. The molecule has 0 saturated heterocycles. The Labute approximate surface area is 182 Å². The van der Waals surface area contributed by atoms with Crippen LogP contribution in [0.2, 0.25) is 0 Å². The van der Waals surface area contributed by atoms with E-state index < -0.39 is 29.9 Å². The number of hydrogen-bond donors (Lipinski definition) is 0. The van der Waals surface area contributed by atoms with Crippen molar-refractivity contribution >= 4 is 0 Å². The van der Waals surface area contributed by atoms with Gasteiger partial charge in [-0.05, 0) is 66.3 Å². The fraction of sp³-hybridized carbons (Fsp3) is 0.292. The Hall–Kier alpha value is -3.65. The van der Waals surface area contributed by atoms with Gasteiger partial charge < -0.3 is 0 Å². The van der Waals surface area contributed by atoms with E-state index in [-0.39, 0.29) is 34.2 Å². The lowest BCUT2D eigenvalue weighted by Gasteiger charge is -2.33. The second-order valence-electron chi connectivity index (χ2n) is 8.02. The molecule has 0 saturated carbocycles. The smallest absolute Gasteiger partial charge is 0.157 e. The van der Waals surface area contributed by atoms with Gasteiger partial charge >= 0.3 is 0 Å². The van der Waals surface area contributed by atoms with Crippen molar-refractivity contribution in [3.8, 4) is 23.4 Å². The van der Waals surface area contributed by atoms with E-state index >= 15 is 4.39 Å². The summed E-state index contributed by atoms with van der Waals surface area (Å²) in [5, 5.41) is 23.8. The normalized spacial score (nSPS) is 19.8. The summed E-state index contributed by atoms with van der Waals surface area (Å²) < 4.78 is 60.1. The molecule has 1 aromatic heterocycles. The third-order valence-electron chi connectivity index (χ3n) is 6.07. The van der Waals surface area contributed by atoms with Crippen LogP contribution in [-0.4, -0.2) is 16.0 Å². The first-order valence-corrected chi connectivity index (χ1v) is 9.93. The highest BCUT2D eigenvalue weighted by molar-refractivity contribution is 5.75. The van der Waals surface area contributed by atoms with Crippen LogP contribution >= 0.6 is 0 Å². The minimum atomic E-state index is -2.10. The Morgan fingerprint density at radius 3 is 2.34 bits per heavy atom. The average Bonchev–Trinajstić information content (AvgIpc) is 3.07. The first-order valence-electron chi connectivity index (χ1n) is 9.93. The monoisotopic (exact) mass is 438 g/mol. The van der Waals surface area contributed by atoms with Crippen LogP contribution in [0.1, 0.15) is 57.5 Å². The van der Waals surface area contributed by atoms with E-state index in [0.29, 0.717) is 22.4 Å². The second kappa shape index (κ2) is 7.80. The van der Waals surface area contributed by atoms with Crippen LogP contribution in [-0.2, 0) is 7.05 Å². The number of nitrogens with zero attached hydrogens (tertiary/aromatic N) is 4. The Morgan fingerprint density at radius 1 is 1.03 bits per heavy atom. The van der Waals surface area contributed by atoms with E-state index in [4.69, 9.17) is 0 Å². The van der Waals surface area contributed by atoms with Gasteiger partial charge in [0.15, 0.2) is 6.17 Å². The van der Waals surface area contributed by atoms with Crippen molar-refractivity contribution in [1.82, 2.24) is 9.78 Å². The van der Waals surface area contributed by atoms with Crippen molar-refractivity contribution in [3.05, 3.63) is 75.0 Å². The van der Waals surface area contributed by atoms with Crippen LogP contribution in [0.5, 0.6) is 0 Å². The molecule has 3 aromatic rings. The van der Waals surface area contributed by atoms with Crippen LogP contribution in [0.15, 0.2) is 24.4 Å². The number of nitriles is 2. The molecule has 3 atom stereocenters. The summed E-state index contributed by atoms with van der Waals surface area (Å²) in [5.74, 6) is -2.42. The molecule has 4 nitrogen and oxygen atoms in total. The van der Waals surface area contributed by atoms with Crippen LogP contribution < -0.4 is 0 Å². The molecule has 0 aliphatic heterocycles. The van der Waals surface area contributed by atoms with Gasteiger partial charge in [0.25, 0.3) is 0 Å². The summed E-state index contributed by atoms with van der Waals surface area (Å²) in [6.07, 6.45) is -2.90. The van der Waals surface area contributed by atoms with Gasteiger partial charge in [0.05, 0.1) is 34.7 Å². The molecular weight excluding hydrogens is 420 g/mol. The van der Waals surface area contributed by atoms with Crippen molar-refractivity contribution in [2.45, 2.75) is 38.5 Å². The maximum atomic E-state index is 15.2. The van der Waals surface area contributed by atoms with Gasteiger partial charge in [0.1, 0.15) is 23.9 Å². The van der Waals surface area contributed by atoms with E-state index in [1.807, 2.05) is 12.1 Å². The highest BCUT2D eigenvalue weighted by Crippen LogP contribution is 2.49. The number of halogens is 4. The Bertz CT molecular complexity index is 1310. The molecule has 32 heavy (non-hydrogen) atoms. The number of aryl methyl sites for hydroxylation is 3. The quantitative estimate of drug-likeness (QED) is 0.489. The molecule has 0 fully saturated rings. The van der Waals surface area contributed by atoms with Gasteiger partial charge in [-0.2, -0.15) is 15.6 Å². The van der Waals surface area contributed by atoms with E-state index in [2.05, 4.69) is 5.10 Å². The Morgan fingerprint density at radius 2 is 1.75 bits per heavy atom. The molecule has 0 spiro atoms. The van der Waals surface area contributed by atoms with Gasteiger partial charge in [0, 0.05) is 13.0 Å². The first-order chi connectivity index (χ1) is 15.2. The highest BCUT2D eigenvalue weighted by atomic mass is 19.2. The molecule has 0 radical (unpaired) electrons. The summed E-state index contributed by atoms with van der Waals surface area (Å²) >= 11 is 0. The lowest BCUT2D eigenvalue weighted by atomic mass is 9.72. The zero-order valence-corrected chi connectivity index (χ0v) is 17.5. The lowest BCUT2D eigenvalue weighted by molar-refractivity contribution is 0.141. The number of benzene rings is 2. The number of alkyl halides is 2. The lowest BCUT2D eigenvalue weighted by Crippen LogP contribution is -2.26. The van der Waals surface area contributed by atoms with Gasteiger partial charge in [-0.3, -0.25) is 4.68 Å². The first kappa shape index (κ1) is 21.6. The number of hydrogen-bond acceptors (Lipinski definition) is 3. The van der Waals surface area contributed by atoms with E-state index in [0.717, 1.165) is 12.1 Å². The summed E-state index contributed by atoms with van der Waals surface area (Å²) in [7, 11) is 1.61. The predicted molar refractivity (Wildman–Crippen MR) is 109 cm³/mol. The van der Waals surface area contributed by atoms with Gasteiger partial charge in [-0.1, -0.05) is 0 Å². The summed E-state index contributed by atoms with van der Waals surface area (Å²) in [4.78, 5) is 0. The van der Waals surface area contributed by atoms with E-state index in [1.165, 1.54) is 16.9 Å². The molecule has 0 unspecified atom stereocenters. The van der Waals surface area contributed by atoms with E-state index in [1.54, 1.807) is 20.9 Å².